The fourth-order valence-corrected chi connectivity index (χ4v) is 3.52. The Balaban J connectivity index is 1.31. The number of hydrogen-bond donors (Lipinski definition) is 1. The number of fused-ring (bicyclic) bond motifs is 1. The summed E-state index contributed by atoms with van der Waals surface area (Å²) in [6.07, 6.45) is 1.84. The predicted octanol–water partition coefficient (Wildman–Crippen LogP) is 4.32. The van der Waals surface area contributed by atoms with E-state index in [4.69, 9.17) is 9.15 Å². The minimum Gasteiger partial charge on any atom is -0.491 e. The van der Waals surface area contributed by atoms with E-state index in [0.29, 0.717) is 31.3 Å². The van der Waals surface area contributed by atoms with Gasteiger partial charge in [0.2, 0.25) is 0 Å². The molecule has 0 unspecified atom stereocenters. The van der Waals surface area contributed by atoms with E-state index in [1.54, 1.807) is 17.0 Å². The van der Waals surface area contributed by atoms with Crippen LogP contribution in [0.2, 0.25) is 0 Å². The largest absolute Gasteiger partial charge is 0.491 e. The van der Waals surface area contributed by atoms with Crippen LogP contribution in [0.25, 0.3) is 11.1 Å². The number of urea groups is 1. The highest BCUT2D eigenvalue weighted by Gasteiger charge is 2.28. The van der Waals surface area contributed by atoms with Crippen molar-refractivity contribution in [3.05, 3.63) is 60.2 Å². The highest BCUT2D eigenvalue weighted by Crippen LogP contribution is 2.29. The molecule has 1 saturated heterocycles. The molecule has 3 aromatic rings. The minimum absolute atomic E-state index is 0.0904. The maximum Gasteiger partial charge on any atom is 0.317 e. The van der Waals surface area contributed by atoms with Gasteiger partial charge in [-0.15, -0.1) is 0 Å². The van der Waals surface area contributed by atoms with E-state index in [0.717, 1.165) is 23.9 Å². The second-order valence-corrected chi connectivity index (χ2v) is 7.42. The molecule has 152 valence electrons. The highest BCUT2D eigenvalue weighted by atomic mass is 19.1. The van der Waals surface area contributed by atoms with Crippen molar-refractivity contribution < 1.29 is 18.3 Å². The molecule has 2 aromatic carbocycles. The van der Waals surface area contributed by atoms with Gasteiger partial charge in [-0.2, -0.15) is 0 Å². The molecule has 4 rings (SSSR count). The molecule has 0 saturated carbocycles. The van der Waals surface area contributed by atoms with Gasteiger partial charge in [-0.1, -0.05) is 12.1 Å². The third-order valence-corrected chi connectivity index (χ3v) is 5.05. The second-order valence-electron chi connectivity index (χ2n) is 7.42. The summed E-state index contributed by atoms with van der Waals surface area (Å²) in [5.74, 6) is 1.04. The number of carbonyl (C=O) groups excluding carboxylic acids is 1. The zero-order valence-corrected chi connectivity index (χ0v) is 16.3. The van der Waals surface area contributed by atoms with E-state index < -0.39 is 0 Å². The summed E-state index contributed by atoms with van der Waals surface area (Å²) in [5.41, 5.74) is 1.62. The minimum atomic E-state index is -0.308. The van der Waals surface area contributed by atoms with E-state index in [1.807, 2.05) is 31.2 Å². The Morgan fingerprint density at radius 3 is 2.90 bits per heavy atom. The smallest absolute Gasteiger partial charge is 0.317 e. The lowest BCUT2D eigenvalue weighted by atomic mass is 9.98. The van der Waals surface area contributed by atoms with Crippen molar-refractivity contribution in [2.45, 2.75) is 31.7 Å². The van der Waals surface area contributed by atoms with Gasteiger partial charge in [0.1, 0.15) is 23.7 Å². The number of nitrogens with one attached hydrogen (secondary N) is 1. The first-order valence-electron chi connectivity index (χ1n) is 9.88. The van der Waals surface area contributed by atoms with Gasteiger partial charge in [-0.3, -0.25) is 0 Å². The van der Waals surface area contributed by atoms with Crippen molar-refractivity contribution in [3.8, 4) is 5.75 Å². The van der Waals surface area contributed by atoms with E-state index in [2.05, 4.69) is 10.3 Å². The predicted molar refractivity (Wildman–Crippen MR) is 107 cm³/mol. The molecule has 7 heteroatoms. The zero-order chi connectivity index (χ0) is 20.2. The quantitative estimate of drug-likeness (QED) is 0.696. The molecule has 0 aliphatic carbocycles. The van der Waals surface area contributed by atoms with Crippen LogP contribution in [0.1, 0.15) is 31.6 Å². The van der Waals surface area contributed by atoms with Crippen LogP contribution in [0.4, 0.5) is 9.18 Å². The van der Waals surface area contributed by atoms with Gasteiger partial charge in [0.25, 0.3) is 0 Å². The standard InChI is InChI=1S/C22H24FN3O3/c1-15(14-28-18-10-8-17(23)9-11-18)24-22(27)26-12-4-5-16(13-26)21-25-19-6-2-3-7-20(19)29-21/h2-3,6-11,15-16H,4-5,12-14H2,1H3,(H,24,27)/t15-,16+/m0/s1. The van der Waals surface area contributed by atoms with Crippen LogP contribution in [0.3, 0.4) is 0 Å². The first kappa shape index (κ1) is 19.2. The SMILES string of the molecule is C[C@@H](COc1ccc(F)cc1)NC(=O)N1CCC[C@@H](c2nc3ccccc3o2)C1. The number of aromatic nitrogens is 1. The fraction of sp³-hybridized carbons (Fsp3) is 0.364. The summed E-state index contributed by atoms with van der Waals surface area (Å²) < 4.78 is 24.5. The molecule has 1 aliphatic heterocycles. The number of para-hydroxylation sites is 2. The van der Waals surface area contributed by atoms with Crippen LogP contribution in [-0.2, 0) is 0 Å². The molecular formula is C22H24FN3O3. The van der Waals surface area contributed by atoms with Crippen molar-refractivity contribution in [3.63, 3.8) is 0 Å². The van der Waals surface area contributed by atoms with Crippen molar-refractivity contribution in [2.24, 2.45) is 0 Å². The van der Waals surface area contributed by atoms with Gasteiger partial charge in [0.15, 0.2) is 11.5 Å². The van der Waals surface area contributed by atoms with Crippen molar-refractivity contribution in [1.29, 1.82) is 0 Å². The molecule has 29 heavy (non-hydrogen) atoms. The van der Waals surface area contributed by atoms with E-state index in [9.17, 15) is 9.18 Å². The number of carbonyl (C=O) groups is 1. The number of hydrogen-bond acceptors (Lipinski definition) is 4. The lowest BCUT2D eigenvalue weighted by Crippen LogP contribution is -2.48. The Bertz CT molecular complexity index is 940. The van der Waals surface area contributed by atoms with Crippen LogP contribution in [0.15, 0.2) is 52.9 Å². The number of halogens is 1. The Labute approximate surface area is 168 Å². The molecular weight excluding hydrogens is 373 g/mol. The lowest BCUT2D eigenvalue weighted by molar-refractivity contribution is 0.167. The maximum absolute atomic E-state index is 12.9. The molecule has 1 aromatic heterocycles. The normalized spacial score (nSPS) is 17.9. The van der Waals surface area contributed by atoms with Crippen LogP contribution >= 0.6 is 0 Å². The molecule has 0 radical (unpaired) electrons. The molecule has 2 heterocycles. The number of benzene rings is 2. The molecule has 1 N–H and O–H groups in total. The number of ether oxygens (including phenoxy) is 1. The summed E-state index contributed by atoms with van der Waals surface area (Å²) in [6, 6.07) is 13.2. The van der Waals surface area contributed by atoms with Gasteiger partial charge in [0.05, 0.1) is 12.0 Å². The molecule has 2 atom stereocenters. The van der Waals surface area contributed by atoms with Crippen LogP contribution in [0, 0.1) is 5.82 Å². The molecule has 2 amide bonds. The second kappa shape index (κ2) is 8.51. The Kier molecular flexibility index (Phi) is 5.64. The number of nitrogens with zero attached hydrogens (tertiary/aromatic N) is 2. The highest BCUT2D eigenvalue weighted by molar-refractivity contribution is 5.75. The molecule has 1 aliphatic rings. The van der Waals surface area contributed by atoms with Crippen LogP contribution in [-0.4, -0.2) is 41.7 Å². The van der Waals surface area contributed by atoms with Crippen LogP contribution < -0.4 is 10.1 Å². The monoisotopic (exact) mass is 397 g/mol. The summed E-state index contributed by atoms with van der Waals surface area (Å²) >= 11 is 0. The first-order chi connectivity index (χ1) is 14.1. The molecule has 1 fully saturated rings. The topological polar surface area (TPSA) is 67.6 Å². The number of rotatable bonds is 5. The number of amides is 2. The number of piperidine rings is 1. The third kappa shape index (κ3) is 4.67. The fourth-order valence-electron chi connectivity index (χ4n) is 3.52. The molecule has 6 nitrogen and oxygen atoms in total. The van der Waals surface area contributed by atoms with Gasteiger partial charge in [-0.05, 0) is 56.2 Å². The average Bonchev–Trinajstić information content (AvgIpc) is 3.18. The summed E-state index contributed by atoms with van der Waals surface area (Å²) in [7, 11) is 0. The molecule has 0 bridgehead atoms. The number of oxazole rings is 1. The zero-order valence-electron chi connectivity index (χ0n) is 16.3. The Morgan fingerprint density at radius 2 is 2.10 bits per heavy atom. The van der Waals surface area contributed by atoms with Gasteiger partial charge in [-0.25, -0.2) is 14.2 Å². The maximum atomic E-state index is 12.9. The van der Waals surface area contributed by atoms with Gasteiger partial charge >= 0.3 is 6.03 Å². The lowest BCUT2D eigenvalue weighted by Gasteiger charge is -2.32. The van der Waals surface area contributed by atoms with Crippen molar-refractivity contribution >= 4 is 17.1 Å². The first-order valence-corrected chi connectivity index (χ1v) is 9.88. The van der Waals surface area contributed by atoms with Crippen molar-refractivity contribution in [2.75, 3.05) is 19.7 Å². The van der Waals surface area contributed by atoms with E-state index >= 15 is 0 Å². The van der Waals surface area contributed by atoms with Gasteiger partial charge in [0, 0.05) is 13.1 Å². The summed E-state index contributed by atoms with van der Waals surface area (Å²) in [5, 5.41) is 2.97. The van der Waals surface area contributed by atoms with Crippen molar-refractivity contribution in [1.82, 2.24) is 15.2 Å². The van der Waals surface area contributed by atoms with E-state index in [1.165, 1.54) is 12.1 Å². The van der Waals surface area contributed by atoms with E-state index in [-0.39, 0.29) is 23.8 Å². The van der Waals surface area contributed by atoms with Crippen LogP contribution in [0.5, 0.6) is 5.75 Å². The summed E-state index contributed by atoms with van der Waals surface area (Å²) in [6.45, 7) is 3.46. The van der Waals surface area contributed by atoms with Gasteiger partial charge < -0.3 is 19.4 Å². The molecule has 0 spiro atoms. The third-order valence-electron chi connectivity index (χ3n) is 5.05. The number of likely N-dealkylation sites (tertiary alicyclic amines) is 1. The Hall–Kier alpha value is -3.09. The summed E-state index contributed by atoms with van der Waals surface area (Å²) in [4.78, 5) is 19.1. The average molecular weight is 397 g/mol. The Morgan fingerprint density at radius 1 is 1.31 bits per heavy atom.